The topological polar surface area (TPSA) is 46.6 Å². The molecule has 162 valence electrons. The van der Waals surface area contributed by atoms with Crippen molar-refractivity contribution in [2.45, 2.75) is 31.2 Å². The third kappa shape index (κ3) is 4.94. The summed E-state index contributed by atoms with van der Waals surface area (Å²) in [6.07, 6.45) is -8.74. The number of alkyl halides is 6. The molecule has 30 heavy (non-hydrogen) atoms. The summed E-state index contributed by atoms with van der Waals surface area (Å²) in [6.45, 7) is -0.362. The van der Waals surface area contributed by atoms with Crippen LogP contribution in [-0.2, 0) is 21.9 Å². The molecule has 4 nitrogen and oxygen atoms in total. The van der Waals surface area contributed by atoms with Crippen molar-refractivity contribution in [3.8, 4) is 0 Å². The maximum atomic E-state index is 12.9. The van der Waals surface area contributed by atoms with Crippen molar-refractivity contribution in [3.63, 3.8) is 0 Å². The number of halogens is 6. The molecule has 3 rings (SSSR count). The van der Waals surface area contributed by atoms with Gasteiger partial charge in [-0.3, -0.25) is 4.79 Å². The maximum absolute atomic E-state index is 12.9. The quantitative estimate of drug-likeness (QED) is 0.468. The zero-order valence-electron chi connectivity index (χ0n) is 15.2. The SMILES string of the molecule is O=C(OCC(=O)N1CCCC1c1cccs1)c1cc(C(F)(F)F)cc(C(F)(F)F)c1. The largest absolute Gasteiger partial charge is 0.452 e. The molecular formula is C19H15F6NO3S. The number of hydrogen-bond donors (Lipinski definition) is 0. The van der Waals surface area contributed by atoms with E-state index < -0.39 is 47.5 Å². The van der Waals surface area contributed by atoms with Crippen molar-refractivity contribution in [3.05, 3.63) is 57.3 Å². The fraction of sp³-hybridized carbons (Fsp3) is 0.368. The zero-order chi connectivity index (χ0) is 22.1. The molecule has 11 heteroatoms. The highest BCUT2D eigenvalue weighted by atomic mass is 32.1. The fourth-order valence-electron chi connectivity index (χ4n) is 3.21. The first-order valence-electron chi connectivity index (χ1n) is 8.76. The van der Waals surface area contributed by atoms with Crippen LogP contribution in [0.5, 0.6) is 0 Å². The van der Waals surface area contributed by atoms with Crippen LogP contribution in [-0.4, -0.2) is 29.9 Å². The number of esters is 1. The third-order valence-corrected chi connectivity index (χ3v) is 5.57. The molecule has 0 saturated carbocycles. The van der Waals surface area contributed by atoms with Gasteiger partial charge in [0.05, 0.1) is 22.7 Å². The molecule has 2 aromatic rings. The van der Waals surface area contributed by atoms with Gasteiger partial charge >= 0.3 is 18.3 Å². The molecule has 2 heterocycles. The zero-order valence-corrected chi connectivity index (χ0v) is 16.0. The van der Waals surface area contributed by atoms with E-state index in [1.165, 1.54) is 16.2 Å². The summed E-state index contributed by atoms with van der Waals surface area (Å²) in [4.78, 5) is 27.0. The molecule has 1 amide bonds. The monoisotopic (exact) mass is 451 g/mol. The van der Waals surface area contributed by atoms with Crippen LogP contribution in [0.2, 0.25) is 0 Å². The van der Waals surface area contributed by atoms with E-state index in [1.807, 2.05) is 17.5 Å². The predicted molar refractivity (Wildman–Crippen MR) is 94.7 cm³/mol. The highest BCUT2D eigenvalue weighted by Crippen LogP contribution is 2.37. The van der Waals surface area contributed by atoms with Crippen molar-refractivity contribution in [2.24, 2.45) is 0 Å². The van der Waals surface area contributed by atoms with Crippen molar-refractivity contribution in [1.82, 2.24) is 4.90 Å². The third-order valence-electron chi connectivity index (χ3n) is 4.59. The molecule has 1 aromatic heterocycles. The number of thiophene rings is 1. The van der Waals surface area contributed by atoms with Gasteiger partial charge in [-0.05, 0) is 42.5 Å². The summed E-state index contributed by atoms with van der Waals surface area (Å²) in [5.74, 6) is -2.01. The molecule has 1 saturated heterocycles. The summed E-state index contributed by atoms with van der Waals surface area (Å²) >= 11 is 1.46. The normalized spacial score (nSPS) is 17.3. The van der Waals surface area contributed by atoms with Crippen LogP contribution in [0.15, 0.2) is 35.7 Å². The Morgan fingerprint density at radius 2 is 1.70 bits per heavy atom. The van der Waals surface area contributed by atoms with E-state index in [-0.39, 0.29) is 24.2 Å². The molecule has 0 N–H and O–H groups in total. The van der Waals surface area contributed by atoms with Gasteiger partial charge in [-0.1, -0.05) is 6.07 Å². The molecule has 0 spiro atoms. The average molecular weight is 451 g/mol. The van der Waals surface area contributed by atoms with E-state index in [4.69, 9.17) is 4.74 Å². The van der Waals surface area contributed by atoms with Gasteiger partial charge in [-0.2, -0.15) is 26.3 Å². The first-order valence-corrected chi connectivity index (χ1v) is 9.64. The van der Waals surface area contributed by atoms with Gasteiger partial charge in [0.2, 0.25) is 0 Å². The lowest BCUT2D eigenvalue weighted by Gasteiger charge is -2.23. The van der Waals surface area contributed by atoms with Crippen LogP contribution >= 0.6 is 11.3 Å². The number of likely N-dealkylation sites (tertiary alicyclic amines) is 1. The predicted octanol–water partition coefficient (Wildman–Crippen LogP) is 5.31. The highest BCUT2D eigenvalue weighted by Gasteiger charge is 2.38. The van der Waals surface area contributed by atoms with Gasteiger partial charge in [0.25, 0.3) is 5.91 Å². The highest BCUT2D eigenvalue weighted by molar-refractivity contribution is 7.10. The van der Waals surface area contributed by atoms with E-state index in [0.29, 0.717) is 13.0 Å². The summed E-state index contributed by atoms with van der Waals surface area (Å²) in [6, 6.07) is 3.94. The number of benzene rings is 1. The van der Waals surface area contributed by atoms with Crippen LogP contribution in [0.4, 0.5) is 26.3 Å². The maximum Gasteiger partial charge on any atom is 0.416 e. The molecule has 0 bridgehead atoms. The Balaban J connectivity index is 1.73. The number of rotatable bonds is 4. The smallest absolute Gasteiger partial charge is 0.416 e. The Hall–Kier alpha value is -2.56. The van der Waals surface area contributed by atoms with Crippen molar-refractivity contribution < 1.29 is 40.7 Å². The van der Waals surface area contributed by atoms with Crippen molar-refractivity contribution >= 4 is 23.2 Å². The minimum atomic E-state index is -5.09. The number of hydrogen-bond acceptors (Lipinski definition) is 4. The summed E-state index contributed by atoms with van der Waals surface area (Å²) in [5, 5.41) is 1.85. The Kier molecular flexibility index (Phi) is 6.11. The molecule has 0 radical (unpaired) electrons. The van der Waals surface area contributed by atoms with E-state index >= 15 is 0 Å². The average Bonchev–Trinajstić information content (AvgIpc) is 3.35. The van der Waals surface area contributed by atoms with Gasteiger partial charge in [-0.25, -0.2) is 4.79 Å². The van der Waals surface area contributed by atoms with Gasteiger partial charge < -0.3 is 9.64 Å². The van der Waals surface area contributed by atoms with Crippen molar-refractivity contribution in [1.29, 1.82) is 0 Å². The minimum Gasteiger partial charge on any atom is -0.452 e. The summed E-state index contributed by atoms with van der Waals surface area (Å²) in [7, 11) is 0. The van der Waals surface area contributed by atoms with Crippen molar-refractivity contribution in [2.75, 3.05) is 13.2 Å². The lowest BCUT2D eigenvalue weighted by atomic mass is 10.0. The van der Waals surface area contributed by atoms with Crippen LogP contribution < -0.4 is 0 Å². The van der Waals surface area contributed by atoms with E-state index in [0.717, 1.165) is 11.3 Å². The standard InChI is InChI=1S/C19H15F6NO3S/c20-18(21,22)12-7-11(8-13(9-12)19(23,24)25)17(28)29-10-16(27)26-5-1-3-14(26)15-4-2-6-30-15/h2,4,6-9,14H,1,3,5,10H2. The fourth-order valence-corrected chi connectivity index (χ4v) is 4.08. The lowest BCUT2D eigenvalue weighted by molar-refractivity contribution is -0.143. The molecule has 0 aliphatic carbocycles. The van der Waals surface area contributed by atoms with Gasteiger partial charge in [0.1, 0.15) is 0 Å². The minimum absolute atomic E-state index is 0.0855. The van der Waals surface area contributed by atoms with Crippen LogP contribution in [0.1, 0.15) is 45.2 Å². The van der Waals surface area contributed by atoms with Crippen LogP contribution in [0.25, 0.3) is 0 Å². The Morgan fingerprint density at radius 3 is 2.23 bits per heavy atom. The number of nitrogens with zero attached hydrogens (tertiary/aromatic N) is 1. The second-order valence-corrected chi connectivity index (χ2v) is 7.61. The summed E-state index contributed by atoms with van der Waals surface area (Å²) < 4.78 is 82.2. The first-order chi connectivity index (χ1) is 14.0. The Labute approximate surface area is 171 Å². The van der Waals surface area contributed by atoms with E-state index in [9.17, 15) is 35.9 Å². The van der Waals surface area contributed by atoms with Gasteiger partial charge in [0, 0.05) is 11.4 Å². The first kappa shape index (κ1) is 22.1. The summed E-state index contributed by atoms with van der Waals surface area (Å²) in [5.41, 5.74) is -4.19. The molecule has 1 aliphatic heterocycles. The van der Waals surface area contributed by atoms with Gasteiger partial charge in [-0.15, -0.1) is 11.3 Å². The molecular weight excluding hydrogens is 436 g/mol. The molecule has 1 aliphatic rings. The Bertz CT molecular complexity index is 891. The molecule has 1 fully saturated rings. The molecule has 1 aromatic carbocycles. The van der Waals surface area contributed by atoms with E-state index in [1.54, 1.807) is 0 Å². The molecule has 1 atom stereocenters. The number of carbonyl (C=O) groups is 2. The number of amides is 1. The Morgan fingerprint density at radius 1 is 1.07 bits per heavy atom. The van der Waals surface area contributed by atoms with Crippen LogP contribution in [0, 0.1) is 0 Å². The lowest BCUT2D eigenvalue weighted by Crippen LogP contribution is -2.34. The molecule has 1 unspecified atom stereocenters. The van der Waals surface area contributed by atoms with Gasteiger partial charge in [0.15, 0.2) is 6.61 Å². The second kappa shape index (κ2) is 8.29. The second-order valence-electron chi connectivity index (χ2n) is 6.63. The van der Waals surface area contributed by atoms with Crippen LogP contribution in [0.3, 0.4) is 0 Å². The number of carbonyl (C=O) groups excluding carboxylic acids is 2. The number of ether oxygens (including phenoxy) is 1. The van der Waals surface area contributed by atoms with E-state index in [2.05, 4.69) is 0 Å².